The molecule has 0 spiro atoms. The fourth-order valence-electron chi connectivity index (χ4n) is 2.52. The molecule has 1 fully saturated rings. The summed E-state index contributed by atoms with van der Waals surface area (Å²) in [6.07, 6.45) is 1.57. The number of amides is 1. The van der Waals surface area contributed by atoms with Crippen LogP contribution in [0.15, 0.2) is 24.3 Å². The van der Waals surface area contributed by atoms with Gasteiger partial charge in [0.15, 0.2) is 0 Å². The molecule has 116 valence electrons. The number of nitrogens with zero attached hydrogens (tertiary/aromatic N) is 1. The lowest BCUT2D eigenvalue weighted by atomic mass is 10.1. The SMILES string of the molecule is CC(=O)NC1CCCN(S(=O)(=O)Cc2ccc(N)cc2)C1. The van der Waals surface area contributed by atoms with E-state index in [0.717, 1.165) is 12.8 Å². The van der Waals surface area contributed by atoms with Crippen LogP contribution in [-0.4, -0.2) is 37.8 Å². The molecule has 21 heavy (non-hydrogen) atoms. The van der Waals surface area contributed by atoms with Crippen molar-refractivity contribution in [1.82, 2.24) is 9.62 Å². The standard InChI is InChI=1S/C14H21N3O3S/c1-11(18)16-14-3-2-8-17(9-14)21(19,20)10-12-4-6-13(15)7-5-12/h4-7,14H,2-3,8-10,15H2,1H3,(H,16,18). The van der Waals surface area contributed by atoms with Crippen molar-refractivity contribution in [2.75, 3.05) is 18.8 Å². The number of nitrogen functional groups attached to an aromatic ring is 1. The number of carbonyl (C=O) groups is 1. The van der Waals surface area contributed by atoms with E-state index in [9.17, 15) is 13.2 Å². The van der Waals surface area contributed by atoms with Crippen molar-refractivity contribution in [3.8, 4) is 0 Å². The van der Waals surface area contributed by atoms with E-state index in [1.54, 1.807) is 24.3 Å². The smallest absolute Gasteiger partial charge is 0.218 e. The highest BCUT2D eigenvalue weighted by Gasteiger charge is 2.29. The summed E-state index contributed by atoms with van der Waals surface area (Å²) < 4.78 is 26.4. The lowest BCUT2D eigenvalue weighted by Gasteiger charge is -2.32. The van der Waals surface area contributed by atoms with Gasteiger partial charge in [0.1, 0.15) is 0 Å². The molecule has 0 radical (unpaired) electrons. The van der Waals surface area contributed by atoms with Crippen molar-refractivity contribution < 1.29 is 13.2 Å². The fraction of sp³-hybridized carbons (Fsp3) is 0.500. The van der Waals surface area contributed by atoms with Crippen LogP contribution in [0.3, 0.4) is 0 Å². The first-order valence-corrected chi connectivity index (χ1v) is 8.57. The van der Waals surface area contributed by atoms with Gasteiger partial charge in [0.25, 0.3) is 0 Å². The first kappa shape index (κ1) is 15.8. The van der Waals surface area contributed by atoms with E-state index >= 15 is 0 Å². The van der Waals surface area contributed by atoms with Crippen LogP contribution in [0.2, 0.25) is 0 Å². The molecule has 0 aromatic heterocycles. The zero-order valence-corrected chi connectivity index (χ0v) is 12.9. The Labute approximate surface area is 125 Å². The Hall–Kier alpha value is -1.60. The number of benzene rings is 1. The second-order valence-corrected chi connectivity index (χ2v) is 7.36. The zero-order valence-electron chi connectivity index (χ0n) is 12.1. The fourth-order valence-corrected chi connectivity index (χ4v) is 4.13. The number of nitrogens with two attached hydrogens (primary N) is 1. The maximum atomic E-state index is 12.5. The lowest BCUT2D eigenvalue weighted by Crippen LogP contribution is -2.49. The summed E-state index contributed by atoms with van der Waals surface area (Å²) in [5.41, 5.74) is 6.92. The molecule has 0 saturated carbocycles. The Morgan fingerprint density at radius 2 is 2.05 bits per heavy atom. The molecule has 3 N–H and O–H groups in total. The highest BCUT2D eigenvalue weighted by Crippen LogP contribution is 2.18. The average molecular weight is 311 g/mol. The molecule has 1 heterocycles. The van der Waals surface area contributed by atoms with Gasteiger partial charge in [0.2, 0.25) is 15.9 Å². The molecular weight excluding hydrogens is 290 g/mol. The molecular formula is C14H21N3O3S. The molecule has 1 aliphatic heterocycles. The molecule has 1 aromatic carbocycles. The van der Waals surface area contributed by atoms with Crippen LogP contribution in [0.25, 0.3) is 0 Å². The summed E-state index contributed by atoms with van der Waals surface area (Å²) in [4.78, 5) is 11.1. The first-order valence-electron chi connectivity index (χ1n) is 6.96. The summed E-state index contributed by atoms with van der Waals surface area (Å²) in [7, 11) is -3.38. The van der Waals surface area contributed by atoms with Crippen molar-refractivity contribution in [2.24, 2.45) is 0 Å². The van der Waals surface area contributed by atoms with Gasteiger partial charge < -0.3 is 11.1 Å². The Balaban J connectivity index is 2.04. The van der Waals surface area contributed by atoms with E-state index in [2.05, 4.69) is 5.32 Å². The van der Waals surface area contributed by atoms with Crippen LogP contribution >= 0.6 is 0 Å². The third-order valence-electron chi connectivity index (χ3n) is 3.51. The molecule has 1 saturated heterocycles. The Bertz CT molecular complexity index is 598. The quantitative estimate of drug-likeness (QED) is 0.801. The molecule has 6 nitrogen and oxygen atoms in total. The predicted molar refractivity (Wildman–Crippen MR) is 81.9 cm³/mol. The third kappa shape index (κ3) is 4.44. The molecule has 0 bridgehead atoms. The van der Waals surface area contributed by atoms with Crippen molar-refractivity contribution in [3.05, 3.63) is 29.8 Å². The Morgan fingerprint density at radius 1 is 1.38 bits per heavy atom. The molecule has 0 aliphatic carbocycles. The molecule has 1 aliphatic rings. The second kappa shape index (κ2) is 6.44. The van der Waals surface area contributed by atoms with Crippen molar-refractivity contribution in [3.63, 3.8) is 0 Å². The van der Waals surface area contributed by atoms with Crippen LogP contribution in [0.4, 0.5) is 5.69 Å². The summed E-state index contributed by atoms with van der Waals surface area (Å²) in [5.74, 6) is -0.169. The van der Waals surface area contributed by atoms with Crippen LogP contribution < -0.4 is 11.1 Å². The second-order valence-electron chi connectivity index (χ2n) is 5.40. The maximum absolute atomic E-state index is 12.5. The minimum Gasteiger partial charge on any atom is -0.399 e. The van der Waals surface area contributed by atoms with Gasteiger partial charge in [-0.3, -0.25) is 4.79 Å². The number of sulfonamides is 1. The van der Waals surface area contributed by atoms with Gasteiger partial charge in [0.05, 0.1) is 5.75 Å². The van der Waals surface area contributed by atoms with E-state index < -0.39 is 10.0 Å². The molecule has 1 unspecified atom stereocenters. The first-order chi connectivity index (χ1) is 9.87. The highest BCUT2D eigenvalue weighted by atomic mass is 32.2. The van der Waals surface area contributed by atoms with E-state index in [-0.39, 0.29) is 17.7 Å². The average Bonchev–Trinajstić information content (AvgIpc) is 2.41. The van der Waals surface area contributed by atoms with Crippen molar-refractivity contribution >= 4 is 21.6 Å². The van der Waals surface area contributed by atoms with Gasteiger partial charge in [-0.25, -0.2) is 8.42 Å². The van der Waals surface area contributed by atoms with Crippen molar-refractivity contribution in [2.45, 2.75) is 31.6 Å². The van der Waals surface area contributed by atoms with Crippen LogP contribution in [-0.2, 0) is 20.6 Å². The number of rotatable bonds is 4. The van der Waals surface area contributed by atoms with Gasteiger partial charge in [-0.05, 0) is 30.5 Å². The molecule has 2 rings (SSSR count). The van der Waals surface area contributed by atoms with Crippen molar-refractivity contribution in [1.29, 1.82) is 0 Å². The van der Waals surface area contributed by atoms with E-state index in [1.807, 2.05) is 0 Å². The van der Waals surface area contributed by atoms with E-state index in [4.69, 9.17) is 5.73 Å². The Kier molecular flexibility index (Phi) is 4.84. The molecule has 7 heteroatoms. The predicted octanol–water partition coefficient (Wildman–Crippen LogP) is 0.699. The maximum Gasteiger partial charge on any atom is 0.218 e. The summed E-state index contributed by atoms with van der Waals surface area (Å²) in [5, 5.41) is 2.79. The van der Waals surface area contributed by atoms with Gasteiger partial charge >= 0.3 is 0 Å². The lowest BCUT2D eigenvalue weighted by molar-refractivity contribution is -0.119. The topological polar surface area (TPSA) is 92.5 Å². The van der Waals surface area contributed by atoms with Crippen LogP contribution in [0.1, 0.15) is 25.3 Å². The van der Waals surface area contributed by atoms with Gasteiger partial charge in [0, 0.05) is 31.7 Å². The number of hydrogen-bond donors (Lipinski definition) is 2. The minimum atomic E-state index is -3.38. The van der Waals surface area contributed by atoms with Gasteiger partial charge in [-0.2, -0.15) is 4.31 Å². The van der Waals surface area contributed by atoms with Crippen LogP contribution in [0.5, 0.6) is 0 Å². The largest absolute Gasteiger partial charge is 0.399 e. The zero-order chi connectivity index (χ0) is 15.5. The number of anilines is 1. The van der Waals surface area contributed by atoms with E-state index in [0.29, 0.717) is 24.3 Å². The highest BCUT2D eigenvalue weighted by molar-refractivity contribution is 7.88. The summed E-state index contributed by atoms with van der Waals surface area (Å²) in [6, 6.07) is 6.74. The minimum absolute atomic E-state index is 0.0416. The monoisotopic (exact) mass is 311 g/mol. The molecule has 1 amide bonds. The number of carbonyl (C=O) groups excluding carboxylic acids is 1. The van der Waals surface area contributed by atoms with Gasteiger partial charge in [-0.1, -0.05) is 12.1 Å². The molecule has 1 aromatic rings. The summed E-state index contributed by atoms with van der Waals surface area (Å²) in [6.45, 7) is 2.30. The number of hydrogen-bond acceptors (Lipinski definition) is 4. The Morgan fingerprint density at radius 3 is 2.67 bits per heavy atom. The number of piperidine rings is 1. The third-order valence-corrected chi connectivity index (χ3v) is 5.33. The molecule has 1 atom stereocenters. The van der Waals surface area contributed by atoms with Crippen LogP contribution in [0, 0.1) is 0 Å². The van der Waals surface area contributed by atoms with Gasteiger partial charge in [-0.15, -0.1) is 0 Å². The normalized spacial score (nSPS) is 20.1. The number of nitrogens with one attached hydrogen (secondary N) is 1. The summed E-state index contributed by atoms with van der Waals surface area (Å²) >= 11 is 0. The van der Waals surface area contributed by atoms with E-state index in [1.165, 1.54) is 11.2 Å².